The van der Waals surface area contributed by atoms with E-state index >= 15 is 0 Å². The Balaban J connectivity index is 2.00. The van der Waals surface area contributed by atoms with Gasteiger partial charge in [0, 0.05) is 39.3 Å². The topological polar surface area (TPSA) is 56.7 Å². The normalized spacial score (nSPS) is 11.2. The van der Waals surface area contributed by atoms with Crippen LogP contribution in [0.3, 0.4) is 0 Å². The van der Waals surface area contributed by atoms with E-state index in [2.05, 4.69) is 53.6 Å². The number of benzene rings is 2. The number of rotatable bonds is 7. The van der Waals surface area contributed by atoms with Gasteiger partial charge in [-0.3, -0.25) is 9.79 Å². The summed E-state index contributed by atoms with van der Waals surface area (Å²) in [6, 6.07) is 16.3. The predicted octanol–water partition coefficient (Wildman–Crippen LogP) is 2.99. The van der Waals surface area contributed by atoms with Gasteiger partial charge >= 0.3 is 0 Å². The van der Waals surface area contributed by atoms with Gasteiger partial charge in [0.2, 0.25) is 0 Å². The first-order valence-corrected chi connectivity index (χ1v) is 9.39. The molecule has 0 bridgehead atoms. The Kier molecular flexibility index (Phi) is 7.86. The maximum Gasteiger partial charge on any atom is 0.251 e. The number of carbonyl (C=O) groups is 1. The van der Waals surface area contributed by atoms with Crippen LogP contribution in [0.5, 0.6) is 0 Å². The molecule has 0 atom stereocenters. The Morgan fingerprint density at radius 3 is 2.52 bits per heavy atom. The average Bonchev–Trinajstić information content (AvgIpc) is 2.68. The van der Waals surface area contributed by atoms with Crippen LogP contribution in [0.15, 0.2) is 53.5 Å². The Labute approximate surface area is 162 Å². The minimum Gasteiger partial charge on any atom is -0.357 e. The molecule has 0 saturated carbocycles. The Morgan fingerprint density at radius 1 is 1.11 bits per heavy atom. The molecule has 0 spiro atoms. The van der Waals surface area contributed by atoms with Crippen LogP contribution in [0, 0.1) is 6.92 Å². The first kappa shape index (κ1) is 20.5. The number of nitrogens with zero attached hydrogens (tertiary/aromatic N) is 2. The van der Waals surface area contributed by atoms with Gasteiger partial charge in [-0.05, 0) is 43.5 Å². The molecule has 5 heteroatoms. The van der Waals surface area contributed by atoms with Crippen molar-refractivity contribution >= 4 is 11.9 Å². The molecule has 0 aromatic heterocycles. The second kappa shape index (κ2) is 10.4. The number of hydrogen-bond acceptors (Lipinski definition) is 2. The van der Waals surface area contributed by atoms with E-state index in [1.807, 2.05) is 31.3 Å². The van der Waals surface area contributed by atoms with E-state index in [9.17, 15) is 4.79 Å². The molecule has 2 N–H and O–H groups in total. The lowest BCUT2D eigenvalue weighted by atomic mass is 10.1. The van der Waals surface area contributed by atoms with Crippen LogP contribution in [0.1, 0.15) is 34.0 Å². The van der Waals surface area contributed by atoms with Gasteiger partial charge in [-0.1, -0.05) is 42.0 Å². The first-order chi connectivity index (χ1) is 13.0. The van der Waals surface area contributed by atoms with Crippen LogP contribution in [0.4, 0.5) is 0 Å². The third-order valence-electron chi connectivity index (χ3n) is 4.32. The van der Waals surface area contributed by atoms with Crippen molar-refractivity contribution < 1.29 is 4.79 Å². The zero-order valence-electron chi connectivity index (χ0n) is 16.7. The lowest BCUT2D eigenvalue weighted by Gasteiger charge is -2.22. The van der Waals surface area contributed by atoms with Crippen molar-refractivity contribution in [1.29, 1.82) is 0 Å². The van der Waals surface area contributed by atoms with E-state index in [-0.39, 0.29) is 5.91 Å². The molecule has 0 aliphatic carbocycles. The average molecular weight is 367 g/mol. The smallest absolute Gasteiger partial charge is 0.251 e. The number of nitrogens with one attached hydrogen (secondary N) is 2. The second-order valence-electron chi connectivity index (χ2n) is 6.61. The Morgan fingerprint density at radius 2 is 1.85 bits per heavy atom. The highest BCUT2D eigenvalue weighted by Crippen LogP contribution is 2.08. The lowest BCUT2D eigenvalue weighted by molar-refractivity contribution is 0.0963. The van der Waals surface area contributed by atoms with Crippen LogP contribution in [0.2, 0.25) is 0 Å². The van der Waals surface area contributed by atoms with Crippen molar-refractivity contribution in [3.05, 3.63) is 70.8 Å². The van der Waals surface area contributed by atoms with Gasteiger partial charge in [-0.25, -0.2) is 0 Å². The highest BCUT2D eigenvalue weighted by Gasteiger charge is 2.07. The summed E-state index contributed by atoms with van der Waals surface area (Å²) in [4.78, 5) is 18.6. The molecular weight excluding hydrogens is 336 g/mol. The van der Waals surface area contributed by atoms with Crippen LogP contribution in [0.25, 0.3) is 0 Å². The molecular formula is C22H30N4O. The van der Waals surface area contributed by atoms with Gasteiger partial charge in [0.05, 0.1) is 0 Å². The molecule has 2 aromatic carbocycles. The third-order valence-corrected chi connectivity index (χ3v) is 4.32. The van der Waals surface area contributed by atoms with E-state index in [0.29, 0.717) is 12.1 Å². The van der Waals surface area contributed by atoms with E-state index in [1.54, 1.807) is 7.05 Å². The second-order valence-corrected chi connectivity index (χ2v) is 6.61. The summed E-state index contributed by atoms with van der Waals surface area (Å²) >= 11 is 0. The van der Waals surface area contributed by atoms with E-state index < -0.39 is 0 Å². The number of carbonyl (C=O) groups excluding carboxylic acids is 1. The highest BCUT2D eigenvalue weighted by atomic mass is 16.1. The molecule has 0 fully saturated rings. The summed E-state index contributed by atoms with van der Waals surface area (Å²) in [5.74, 6) is 0.826. The van der Waals surface area contributed by atoms with Crippen LogP contribution >= 0.6 is 0 Å². The number of guanidine groups is 1. The molecule has 0 aliphatic heterocycles. The van der Waals surface area contributed by atoms with Crippen molar-refractivity contribution in [2.75, 3.05) is 27.2 Å². The fraction of sp³-hybridized carbons (Fsp3) is 0.364. The lowest BCUT2D eigenvalue weighted by Crippen LogP contribution is -2.38. The molecule has 0 aliphatic rings. The number of amides is 1. The third kappa shape index (κ3) is 6.44. The van der Waals surface area contributed by atoms with E-state index in [1.165, 1.54) is 11.1 Å². The fourth-order valence-corrected chi connectivity index (χ4v) is 2.82. The molecule has 5 nitrogen and oxygen atoms in total. The van der Waals surface area contributed by atoms with Gasteiger partial charge in [-0.2, -0.15) is 0 Å². The summed E-state index contributed by atoms with van der Waals surface area (Å²) < 4.78 is 0. The van der Waals surface area contributed by atoms with Crippen LogP contribution in [-0.2, 0) is 13.0 Å². The van der Waals surface area contributed by atoms with Crippen LogP contribution in [-0.4, -0.2) is 44.0 Å². The maximum atomic E-state index is 11.8. The first-order valence-electron chi connectivity index (χ1n) is 9.39. The van der Waals surface area contributed by atoms with Gasteiger partial charge in [0.1, 0.15) is 0 Å². The predicted molar refractivity (Wildman–Crippen MR) is 112 cm³/mol. The van der Waals surface area contributed by atoms with E-state index in [0.717, 1.165) is 31.0 Å². The van der Waals surface area contributed by atoms with Gasteiger partial charge in [-0.15, -0.1) is 0 Å². The molecule has 0 saturated heterocycles. The maximum absolute atomic E-state index is 11.8. The summed E-state index contributed by atoms with van der Waals surface area (Å²) in [5, 5.41) is 6.01. The van der Waals surface area contributed by atoms with Crippen molar-refractivity contribution in [3.8, 4) is 0 Å². The fourth-order valence-electron chi connectivity index (χ4n) is 2.82. The van der Waals surface area contributed by atoms with Gasteiger partial charge in [0.15, 0.2) is 5.96 Å². The largest absolute Gasteiger partial charge is 0.357 e. The van der Waals surface area contributed by atoms with Gasteiger partial charge in [0.25, 0.3) is 5.91 Å². The Bertz CT molecular complexity index is 768. The highest BCUT2D eigenvalue weighted by molar-refractivity contribution is 5.94. The standard InChI is InChI=1S/C22H30N4O/c1-5-24-22(26(4)16-19-11-9-17(2)10-12-19)25-14-13-18-7-6-8-20(15-18)21(27)23-3/h6-12,15H,5,13-14,16H2,1-4H3,(H,23,27)(H,24,25). The van der Waals surface area contributed by atoms with Crippen molar-refractivity contribution in [2.45, 2.75) is 26.8 Å². The minimum absolute atomic E-state index is 0.0634. The molecule has 2 aromatic rings. The summed E-state index contributed by atoms with van der Waals surface area (Å²) in [5.41, 5.74) is 4.31. The quantitative estimate of drug-likeness (QED) is 0.585. The molecule has 0 unspecified atom stereocenters. The summed E-state index contributed by atoms with van der Waals surface area (Å²) in [6.07, 6.45) is 0.790. The number of aryl methyl sites for hydroxylation is 1. The van der Waals surface area contributed by atoms with Gasteiger partial charge < -0.3 is 15.5 Å². The molecule has 2 rings (SSSR count). The summed E-state index contributed by atoms with van der Waals surface area (Å²) in [7, 11) is 3.69. The van der Waals surface area contributed by atoms with Crippen LogP contribution < -0.4 is 10.6 Å². The van der Waals surface area contributed by atoms with Crippen molar-refractivity contribution in [2.24, 2.45) is 4.99 Å². The molecule has 1 amide bonds. The van der Waals surface area contributed by atoms with Crippen molar-refractivity contribution in [1.82, 2.24) is 15.5 Å². The zero-order chi connectivity index (χ0) is 19.6. The monoisotopic (exact) mass is 366 g/mol. The summed E-state index contributed by atoms with van der Waals surface area (Å²) in [6.45, 7) is 6.46. The Hall–Kier alpha value is -2.82. The van der Waals surface area contributed by atoms with E-state index in [4.69, 9.17) is 4.99 Å². The molecule has 27 heavy (non-hydrogen) atoms. The zero-order valence-corrected chi connectivity index (χ0v) is 16.7. The minimum atomic E-state index is -0.0634. The molecule has 144 valence electrons. The number of hydrogen-bond donors (Lipinski definition) is 2. The SMILES string of the molecule is CCNC(=NCCc1cccc(C(=O)NC)c1)N(C)Cc1ccc(C)cc1. The molecule has 0 radical (unpaired) electrons. The number of aliphatic imine (C=N–C) groups is 1. The van der Waals surface area contributed by atoms with Crippen molar-refractivity contribution in [3.63, 3.8) is 0 Å². The molecule has 0 heterocycles.